The van der Waals surface area contributed by atoms with Crippen molar-refractivity contribution in [3.8, 4) is 0 Å². The average molecular weight is 274 g/mol. The third kappa shape index (κ3) is 4.07. The number of nitrogens with two attached hydrogens (primary N) is 1. The first-order valence-electron chi connectivity index (χ1n) is 7.91. The van der Waals surface area contributed by atoms with Crippen LogP contribution in [-0.4, -0.2) is 25.0 Å². The lowest BCUT2D eigenvalue weighted by Crippen LogP contribution is -2.34. The minimum atomic E-state index is 0.120. The van der Waals surface area contributed by atoms with Gasteiger partial charge in [-0.25, -0.2) is 0 Å². The molecule has 0 aliphatic heterocycles. The van der Waals surface area contributed by atoms with Crippen LogP contribution in [0.15, 0.2) is 24.3 Å². The van der Waals surface area contributed by atoms with Gasteiger partial charge in [0.2, 0.25) is 0 Å². The van der Waals surface area contributed by atoms with Gasteiger partial charge < -0.3 is 10.6 Å². The Bertz CT molecular complexity index is 412. The first-order valence-corrected chi connectivity index (χ1v) is 7.91. The Morgan fingerprint density at radius 1 is 1.20 bits per heavy atom. The Morgan fingerprint density at radius 2 is 1.80 bits per heavy atom. The summed E-state index contributed by atoms with van der Waals surface area (Å²) in [6.45, 7) is 8.89. The molecule has 0 amide bonds. The molecule has 1 atom stereocenters. The fraction of sp³-hybridized carbons (Fsp3) is 0.667. The normalized spacial score (nSPS) is 18.1. The third-order valence-electron chi connectivity index (χ3n) is 4.51. The van der Waals surface area contributed by atoms with Crippen molar-refractivity contribution < 1.29 is 0 Å². The SMILES string of the molecule is CN(CC1CCC1)CC(N)c1ccc(C(C)(C)C)cc1. The van der Waals surface area contributed by atoms with Crippen LogP contribution in [0.4, 0.5) is 0 Å². The molecule has 1 fully saturated rings. The largest absolute Gasteiger partial charge is 0.323 e. The maximum atomic E-state index is 6.35. The van der Waals surface area contributed by atoms with Gasteiger partial charge in [-0.2, -0.15) is 0 Å². The van der Waals surface area contributed by atoms with Crippen molar-refractivity contribution in [1.29, 1.82) is 0 Å². The highest BCUT2D eigenvalue weighted by molar-refractivity contribution is 5.29. The van der Waals surface area contributed by atoms with E-state index in [0.29, 0.717) is 0 Å². The summed E-state index contributed by atoms with van der Waals surface area (Å²) in [4.78, 5) is 2.40. The Hall–Kier alpha value is -0.860. The summed E-state index contributed by atoms with van der Waals surface area (Å²) in [5.74, 6) is 0.912. The van der Waals surface area contributed by atoms with Crippen LogP contribution in [0.25, 0.3) is 0 Å². The quantitative estimate of drug-likeness (QED) is 0.886. The minimum Gasteiger partial charge on any atom is -0.323 e. The molecule has 0 spiro atoms. The van der Waals surface area contributed by atoms with Crippen molar-refractivity contribution in [2.24, 2.45) is 11.7 Å². The summed E-state index contributed by atoms with van der Waals surface area (Å²) in [6.07, 6.45) is 4.22. The highest BCUT2D eigenvalue weighted by Gasteiger charge is 2.20. The Balaban J connectivity index is 1.89. The van der Waals surface area contributed by atoms with Crippen LogP contribution < -0.4 is 5.73 Å². The third-order valence-corrected chi connectivity index (χ3v) is 4.51. The zero-order valence-corrected chi connectivity index (χ0v) is 13.5. The maximum Gasteiger partial charge on any atom is 0.0424 e. The lowest BCUT2D eigenvalue weighted by Gasteiger charge is -2.31. The van der Waals surface area contributed by atoms with Crippen molar-refractivity contribution in [3.63, 3.8) is 0 Å². The van der Waals surface area contributed by atoms with Gasteiger partial charge in [0.15, 0.2) is 0 Å². The zero-order valence-electron chi connectivity index (χ0n) is 13.5. The molecule has 0 saturated heterocycles. The number of nitrogens with zero attached hydrogens (tertiary/aromatic N) is 1. The Kier molecular flexibility index (Phi) is 4.87. The average Bonchev–Trinajstić information content (AvgIpc) is 2.33. The van der Waals surface area contributed by atoms with Gasteiger partial charge in [-0.15, -0.1) is 0 Å². The molecule has 2 nitrogen and oxygen atoms in total. The minimum absolute atomic E-state index is 0.120. The molecule has 1 aromatic carbocycles. The van der Waals surface area contributed by atoms with Gasteiger partial charge in [-0.3, -0.25) is 0 Å². The molecule has 2 N–H and O–H groups in total. The molecule has 1 unspecified atom stereocenters. The summed E-state index contributed by atoms with van der Waals surface area (Å²) in [7, 11) is 2.20. The molecule has 0 bridgehead atoms. The molecule has 0 aromatic heterocycles. The van der Waals surface area contributed by atoms with E-state index in [2.05, 4.69) is 57.0 Å². The topological polar surface area (TPSA) is 29.3 Å². The van der Waals surface area contributed by atoms with Crippen LogP contribution in [-0.2, 0) is 5.41 Å². The van der Waals surface area contributed by atoms with Crippen molar-refractivity contribution in [2.75, 3.05) is 20.1 Å². The van der Waals surface area contributed by atoms with E-state index in [1.165, 1.54) is 36.9 Å². The fourth-order valence-corrected chi connectivity index (χ4v) is 2.86. The van der Waals surface area contributed by atoms with Crippen molar-refractivity contribution in [3.05, 3.63) is 35.4 Å². The van der Waals surface area contributed by atoms with E-state index >= 15 is 0 Å². The predicted octanol–water partition coefficient (Wildman–Crippen LogP) is 3.72. The van der Waals surface area contributed by atoms with Crippen LogP contribution in [0.3, 0.4) is 0 Å². The van der Waals surface area contributed by atoms with Crippen LogP contribution in [0.5, 0.6) is 0 Å². The number of hydrogen-bond donors (Lipinski definition) is 1. The summed E-state index contributed by atoms with van der Waals surface area (Å²) in [5, 5.41) is 0. The van der Waals surface area contributed by atoms with E-state index in [9.17, 15) is 0 Å². The van der Waals surface area contributed by atoms with Gasteiger partial charge in [0.25, 0.3) is 0 Å². The van der Waals surface area contributed by atoms with Crippen LogP contribution in [0, 0.1) is 5.92 Å². The van der Waals surface area contributed by atoms with Gasteiger partial charge in [0.05, 0.1) is 0 Å². The summed E-state index contributed by atoms with van der Waals surface area (Å²) < 4.78 is 0. The van der Waals surface area contributed by atoms with E-state index < -0.39 is 0 Å². The van der Waals surface area contributed by atoms with E-state index in [0.717, 1.165) is 12.5 Å². The lowest BCUT2D eigenvalue weighted by molar-refractivity contribution is 0.198. The highest BCUT2D eigenvalue weighted by atomic mass is 15.1. The summed E-state index contributed by atoms with van der Waals surface area (Å²) >= 11 is 0. The maximum absolute atomic E-state index is 6.35. The number of rotatable bonds is 5. The Labute approximate surface area is 124 Å². The number of hydrogen-bond acceptors (Lipinski definition) is 2. The highest BCUT2D eigenvalue weighted by Crippen LogP contribution is 2.27. The summed E-state index contributed by atoms with van der Waals surface area (Å²) in [6, 6.07) is 8.96. The smallest absolute Gasteiger partial charge is 0.0424 e. The molecule has 112 valence electrons. The fourth-order valence-electron chi connectivity index (χ4n) is 2.86. The van der Waals surface area contributed by atoms with Crippen molar-refractivity contribution in [1.82, 2.24) is 4.90 Å². The molecule has 2 heteroatoms. The Morgan fingerprint density at radius 3 is 2.25 bits per heavy atom. The van der Waals surface area contributed by atoms with Gasteiger partial charge in [-0.1, -0.05) is 51.5 Å². The van der Waals surface area contributed by atoms with E-state index in [1.807, 2.05) is 0 Å². The first kappa shape index (κ1) is 15.5. The van der Waals surface area contributed by atoms with E-state index in [4.69, 9.17) is 5.73 Å². The lowest BCUT2D eigenvalue weighted by atomic mass is 9.85. The van der Waals surface area contributed by atoms with Crippen molar-refractivity contribution >= 4 is 0 Å². The van der Waals surface area contributed by atoms with E-state index in [1.54, 1.807) is 0 Å². The predicted molar refractivity (Wildman–Crippen MR) is 86.9 cm³/mol. The molecule has 1 aromatic rings. The zero-order chi connectivity index (χ0) is 14.8. The summed E-state index contributed by atoms with van der Waals surface area (Å²) in [5.41, 5.74) is 9.18. The van der Waals surface area contributed by atoms with Crippen LogP contribution in [0.1, 0.15) is 57.2 Å². The van der Waals surface area contributed by atoms with Crippen LogP contribution >= 0.6 is 0 Å². The van der Waals surface area contributed by atoms with Gasteiger partial charge in [-0.05, 0) is 42.3 Å². The first-order chi connectivity index (χ1) is 9.36. The van der Waals surface area contributed by atoms with Crippen molar-refractivity contribution in [2.45, 2.75) is 51.5 Å². The second kappa shape index (κ2) is 6.28. The van der Waals surface area contributed by atoms with Crippen LogP contribution in [0.2, 0.25) is 0 Å². The monoisotopic (exact) mass is 274 g/mol. The second-order valence-corrected chi connectivity index (χ2v) is 7.50. The van der Waals surface area contributed by atoms with E-state index in [-0.39, 0.29) is 11.5 Å². The molecule has 1 aliphatic rings. The molecule has 2 rings (SSSR count). The number of likely N-dealkylation sites (N-methyl/N-ethyl adjacent to an activating group) is 1. The molecule has 1 aliphatic carbocycles. The molecular weight excluding hydrogens is 244 g/mol. The molecule has 0 radical (unpaired) electrons. The van der Waals surface area contributed by atoms with Gasteiger partial charge in [0, 0.05) is 19.1 Å². The van der Waals surface area contributed by atoms with Gasteiger partial charge in [0.1, 0.15) is 0 Å². The molecular formula is C18H30N2. The standard InChI is InChI=1S/C18H30N2/c1-18(2,3)16-10-8-15(9-11-16)17(19)13-20(4)12-14-6-5-7-14/h8-11,14,17H,5-7,12-13,19H2,1-4H3. The molecule has 1 saturated carbocycles. The van der Waals surface area contributed by atoms with Gasteiger partial charge >= 0.3 is 0 Å². The second-order valence-electron chi connectivity index (χ2n) is 7.50. The molecule has 20 heavy (non-hydrogen) atoms. The number of benzene rings is 1. The molecule has 0 heterocycles.